The van der Waals surface area contributed by atoms with Crippen LogP contribution in [0, 0.1) is 18.3 Å². The molecule has 3 unspecified atom stereocenters. The van der Waals surface area contributed by atoms with Gasteiger partial charge in [-0.05, 0) is 25.5 Å². The third-order valence-electron chi connectivity index (χ3n) is 4.42. The van der Waals surface area contributed by atoms with Crippen LogP contribution in [0.1, 0.15) is 26.0 Å². The summed E-state index contributed by atoms with van der Waals surface area (Å²) in [6.07, 6.45) is 3.47. The summed E-state index contributed by atoms with van der Waals surface area (Å²) in [6.45, 7) is 7.56. The third kappa shape index (κ3) is 1.56. The predicted molar refractivity (Wildman–Crippen MR) is 68.0 cm³/mol. The van der Waals surface area contributed by atoms with Gasteiger partial charge >= 0.3 is 0 Å². The Morgan fingerprint density at radius 2 is 2.29 bits per heavy atom. The molecule has 1 N–H and O–H groups in total. The molecule has 0 bridgehead atoms. The van der Waals surface area contributed by atoms with Crippen LogP contribution >= 0.6 is 0 Å². The maximum Gasteiger partial charge on any atom is 0.0694 e. The van der Waals surface area contributed by atoms with Crippen molar-refractivity contribution in [3.8, 4) is 0 Å². The first-order valence-corrected chi connectivity index (χ1v) is 6.40. The summed E-state index contributed by atoms with van der Waals surface area (Å²) in [7, 11) is 0. The number of aromatic nitrogens is 1. The van der Waals surface area contributed by atoms with Gasteiger partial charge < -0.3 is 10.1 Å². The van der Waals surface area contributed by atoms with Gasteiger partial charge in [0.25, 0.3) is 0 Å². The van der Waals surface area contributed by atoms with Crippen molar-refractivity contribution in [3.05, 3.63) is 24.0 Å². The summed E-state index contributed by atoms with van der Waals surface area (Å²) < 4.78 is 5.81. The molecule has 17 heavy (non-hydrogen) atoms. The van der Waals surface area contributed by atoms with Gasteiger partial charge in [-0.25, -0.2) is 0 Å². The average Bonchev–Trinajstić information content (AvgIpc) is 2.74. The molecule has 92 valence electrons. The number of rotatable bonds is 2. The lowest BCUT2D eigenvalue weighted by molar-refractivity contribution is -0.0923. The van der Waals surface area contributed by atoms with Crippen molar-refractivity contribution >= 4 is 5.69 Å². The van der Waals surface area contributed by atoms with E-state index < -0.39 is 0 Å². The molecule has 1 aromatic rings. The monoisotopic (exact) mass is 232 g/mol. The van der Waals surface area contributed by atoms with Crippen molar-refractivity contribution in [3.63, 3.8) is 0 Å². The summed E-state index contributed by atoms with van der Waals surface area (Å²) in [5.41, 5.74) is 2.46. The molecule has 3 rings (SSSR count). The Balaban J connectivity index is 1.80. The Labute approximate surface area is 103 Å². The van der Waals surface area contributed by atoms with E-state index in [9.17, 15) is 0 Å². The minimum absolute atomic E-state index is 0.226. The second-order valence-corrected chi connectivity index (χ2v) is 5.82. The number of ether oxygens (including phenoxy) is 1. The molecule has 1 aliphatic carbocycles. The fourth-order valence-electron chi connectivity index (χ4n) is 3.42. The molecule has 2 aliphatic rings. The zero-order valence-electron chi connectivity index (χ0n) is 10.7. The van der Waals surface area contributed by atoms with Gasteiger partial charge in [-0.2, -0.15) is 0 Å². The van der Waals surface area contributed by atoms with Crippen LogP contribution in [0.15, 0.2) is 18.3 Å². The average molecular weight is 232 g/mol. The first-order chi connectivity index (χ1) is 8.10. The van der Waals surface area contributed by atoms with Crippen LogP contribution in [-0.4, -0.2) is 23.7 Å². The van der Waals surface area contributed by atoms with Crippen molar-refractivity contribution in [2.75, 3.05) is 11.9 Å². The highest BCUT2D eigenvalue weighted by atomic mass is 16.5. The van der Waals surface area contributed by atoms with Crippen LogP contribution in [0.5, 0.6) is 0 Å². The Kier molecular flexibility index (Phi) is 2.40. The van der Waals surface area contributed by atoms with E-state index in [1.165, 1.54) is 6.42 Å². The number of nitrogens with zero attached hydrogens (tertiary/aromatic N) is 1. The summed E-state index contributed by atoms with van der Waals surface area (Å²) in [4.78, 5) is 4.33. The number of nitrogens with one attached hydrogen (secondary N) is 1. The van der Waals surface area contributed by atoms with E-state index in [0.717, 1.165) is 18.0 Å². The molecule has 1 saturated heterocycles. The molecule has 2 fully saturated rings. The van der Waals surface area contributed by atoms with E-state index in [2.05, 4.69) is 37.1 Å². The van der Waals surface area contributed by atoms with Gasteiger partial charge in [-0.3, -0.25) is 4.98 Å². The number of anilines is 1. The van der Waals surface area contributed by atoms with Gasteiger partial charge in [0.1, 0.15) is 0 Å². The summed E-state index contributed by atoms with van der Waals surface area (Å²) >= 11 is 0. The van der Waals surface area contributed by atoms with E-state index in [0.29, 0.717) is 18.1 Å². The Morgan fingerprint density at radius 3 is 3.06 bits per heavy atom. The Morgan fingerprint density at radius 1 is 1.47 bits per heavy atom. The number of fused-ring (bicyclic) bond motifs is 1. The minimum Gasteiger partial charge on any atom is -0.380 e. The maximum atomic E-state index is 5.81. The quantitative estimate of drug-likeness (QED) is 0.851. The topological polar surface area (TPSA) is 34.2 Å². The number of pyridine rings is 1. The highest BCUT2D eigenvalue weighted by Gasteiger charge is 2.59. The van der Waals surface area contributed by atoms with E-state index >= 15 is 0 Å². The normalized spacial score (nSPS) is 33.9. The molecule has 0 amide bonds. The van der Waals surface area contributed by atoms with Gasteiger partial charge in [0.2, 0.25) is 0 Å². The summed E-state index contributed by atoms with van der Waals surface area (Å²) in [5, 5.41) is 3.67. The van der Waals surface area contributed by atoms with Crippen LogP contribution in [0.2, 0.25) is 0 Å². The molecule has 3 nitrogen and oxygen atoms in total. The van der Waals surface area contributed by atoms with E-state index in [1.807, 2.05) is 12.3 Å². The standard InChI is InChI=1S/C14H20N2O/c1-9-11(5-4-7-15-9)16-12-10-6-8-17-13(10)14(12,2)3/h4-5,7,10,12-13,16H,6,8H2,1-3H3. The van der Waals surface area contributed by atoms with Gasteiger partial charge in [-0.15, -0.1) is 0 Å². The number of hydrogen-bond acceptors (Lipinski definition) is 3. The molecular formula is C14H20N2O. The number of hydrogen-bond donors (Lipinski definition) is 1. The van der Waals surface area contributed by atoms with Crippen LogP contribution < -0.4 is 5.32 Å². The Bertz CT molecular complexity index is 430. The Hall–Kier alpha value is -1.09. The summed E-state index contributed by atoms with van der Waals surface area (Å²) in [5.74, 6) is 0.671. The number of aryl methyl sites for hydroxylation is 1. The van der Waals surface area contributed by atoms with Gasteiger partial charge in [0.05, 0.1) is 17.5 Å². The first-order valence-electron chi connectivity index (χ1n) is 6.40. The molecule has 1 aromatic heterocycles. The zero-order chi connectivity index (χ0) is 12.0. The molecule has 0 radical (unpaired) electrons. The van der Waals surface area contributed by atoms with Crippen LogP contribution in [0.3, 0.4) is 0 Å². The van der Waals surface area contributed by atoms with Crippen LogP contribution in [-0.2, 0) is 4.74 Å². The van der Waals surface area contributed by atoms with Crippen molar-refractivity contribution < 1.29 is 4.74 Å². The smallest absolute Gasteiger partial charge is 0.0694 e. The highest BCUT2D eigenvalue weighted by Crippen LogP contribution is 2.53. The van der Waals surface area contributed by atoms with Crippen molar-refractivity contribution in [1.82, 2.24) is 4.98 Å². The minimum atomic E-state index is 0.226. The molecule has 3 atom stereocenters. The fourth-order valence-corrected chi connectivity index (χ4v) is 3.42. The molecular weight excluding hydrogens is 212 g/mol. The summed E-state index contributed by atoms with van der Waals surface area (Å²) in [6, 6.07) is 4.61. The molecule has 2 heterocycles. The van der Waals surface area contributed by atoms with Crippen LogP contribution in [0.4, 0.5) is 5.69 Å². The SMILES string of the molecule is Cc1ncccc1NC1C2CCOC2C1(C)C. The van der Waals surface area contributed by atoms with E-state index in [-0.39, 0.29) is 5.41 Å². The molecule has 0 aromatic carbocycles. The molecule has 0 spiro atoms. The van der Waals surface area contributed by atoms with Crippen molar-refractivity contribution in [2.24, 2.45) is 11.3 Å². The maximum absolute atomic E-state index is 5.81. The van der Waals surface area contributed by atoms with Gasteiger partial charge in [-0.1, -0.05) is 13.8 Å². The van der Waals surface area contributed by atoms with Gasteiger partial charge in [0, 0.05) is 30.2 Å². The lowest BCUT2D eigenvalue weighted by atomic mass is 9.57. The second kappa shape index (κ2) is 3.70. The highest BCUT2D eigenvalue weighted by molar-refractivity contribution is 5.49. The fraction of sp³-hybridized carbons (Fsp3) is 0.643. The largest absolute Gasteiger partial charge is 0.380 e. The first kappa shape index (κ1) is 11.0. The zero-order valence-corrected chi connectivity index (χ0v) is 10.7. The molecule has 1 aliphatic heterocycles. The van der Waals surface area contributed by atoms with Crippen molar-refractivity contribution in [1.29, 1.82) is 0 Å². The van der Waals surface area contributed by atoms with Crippen LogP contribution in [0.25, 0.3) is 0 Å². The predicted octanol–water partition coefficient (Wildman–Crippen LogP) is 2.62. The molecule has 1 saturated carbocycles. The second-order valence-electron chi connectivity index (χ2n) is 5.82. The van der Waals surface area contributed by atoms with Crippen molar-refractivity contribution in [2.45, 2.75) is 39.3 Å². The lowest BCUT2D eigenvalue weighted by Crippen LogP contribution is -2.63. The lowest BCUT2D eigenvalue weighted by Gasteiger charge is -2.55. The van der Waals surface area contributed by atoms with E-state index in [4.69, 9.17) is 4.74 Å². The van der Waals surface area contributed by atoms with E-state index in [1.54, 1.807) is 0 Å². The third-order valence-corrected chi connectivity index (χ3v) is 4.42. The van der Waals surface area contributed by atoms with Gasteiger partial charge in [0.15, 0.2) is 0 Å². The molecule has 3 heteroatoms.